The van der Waals surface area contributed by atoms with Crippen LogP contribution < -0.4 is 5.73 Å². The molecule has 0 spiro atoms. The highest BCUT2D eigenvalue weighted by atomic mass is 14.6. The van der Waals surface area contributed by atoms with Crippen LogP contribution in [0.15, 0.2) is 12.1 Å². The second kappa shape index (κ2) is 6.26. The van der Waals surface area contributed by atoms with Gasteiger partial charge in [-0.05, 0) is 73.0 Å². The molecular formula is C21H31N. The van der Waals surface area contributed by atoms with Crippen LogP contribution in [0.5, 0.6) is 0 Å². The minimum absolute atomic E-state index is 0.751. The summed E-state index contributed by atoms with van der Waals surface area (Å²) in [6.45, 7) is 0. The monoisotopic (exact) mass is 297 g/mol. The number of hydrogen-bond acceptors (Lipinski definition) is 1. The van der Waals surface area contributed by atoms with Crippen LogP contribution in [0.4, 0.5) is 5.69 Å². The molecule has 0 heterocycles. The van der Waals surface area contributed by atoms with Gasteiger partial charge in [-0.1, -0.05) is 50.7 Å². The van der Waals surface area contributed by atoms with Crippen molar-refractivity contribution in [3.63, 3.8) is 0 Å². The second-order valence-corrected chi connectivity index (χ2v) is 8.06. The van der Waals surface area contributed by atoms with Crippen molar-refractivity contribution >= 4 is 5.69 Å². The fourth-order valence-corrected chi connectivity index (χ4v) is 5.37. The van der Waals surface area contributed by atoms with Gasteiger partial charge in [0.2, 0.25) is 0 Å². The summed E-state index contributed by atoms with van der Waals surface area (Å²) < 4.78 is 0. The molecule has 4 rings (SSSR count). The molecule has 0 amide bonds. The molecule has 2 N–H and O–H groups in total. The summed E-state index contributed by atoms with van der Waals surface area (Å²) in [7, 11) is 0. The van der Waals surface area contributed by atoms with Gasteiger partial charge in [-0.15, -0.1) is 0 Å². The molecule has 0 saturated heterocycles. The van der Waals surface area contributed by atoms with E-state index in [1.165, 1.54) is 93.9 Å². The van der Waals surface area contributed by atoms with Gasteiger partial charge in [0.25, 0.3) is 0 Å². The third-order valence-electron chi connectivity index (χ3n) is 6.68. The van der Waals surface area contributed by atoms with Crippen LogP contribution in [0, 0.1) is 0 Å². The Labute approximate surface area is 135 Å². The number of nitrogens with two attached hydrogens (primary N) is 1. The van der Waals surface area contributed by atoms with Gasteiger partial charge in [0.1, 0.15) is 0 Å². The quantitative estimate of drug-likeness (QED) is 0.656. The molecule has 0 bridgehead atoms. The molecule has 0 unspecified atom stereocenters. The van der Waals surface area contributed by atoms with Crippen molar-refractivity contribution in [2.45, 2.75) is 94.8 Å². The summed E-state index contributed by atoms with van der Waals surface area (Å²) in [6, 6.07) is 5.06. The maximum atomic E-state index is 6.71. The van der Waals surface area contributed by atoms with E-state index < -0.39 is 0 Å². The van der Waals surface area contributed by atoms with E-state index in [0.717, 1.165) is 17.8 Å². The van der Waals surface area contributed by atoms with Gasteiger partial charge < -0.3 is 5.73 Å². The average molecular weight is 297 g/mol. The summed E-state index contributed by atoms with van der Waals surface area (Å²) >= 11 is 0. The molecule has 22 heavy (non-hydrogen) atoms. The topological polar surface area (TPSA) is 26.0 Å². The predicted octanol–water partition coefficient (Wildman–Crippen LogP) is 6.24. The van der Waals surface area contributed by atoms with Crippen LogP contribution in [0.25, 0.3) is 0 Å². The molecule has 1 nitrogen and oxygen atoms in total. The number of rotatable bonds is 3. The third kappa shape index (κ3) is 2.68. The van der Waals surface area contributed by atoms with Crippen LogP contribution >= 0.6 is 0 Å². The van der Waals surface area contributed by atoms with Crippen LogP contribution in [0.3, 0.4) is 0 Å². The zero-order chi connectivity index (χ0) is 14.9. The van der Waals surface area contributed by atoms with Crippen molar-refractivity contribution in [3.8, 4) is 0 Å². The first-order chi connectivity index (χ1) is 10.8. The molecule has 3 saturated carbocycles. The van der Waals surface area contributed by atoms with Crippen LogP contribution in [-0.2, 0) is 0 Å². The molecule has 1 heteroatoms. The lowest BCUT2D eigenvalue weighted by Gasteiger charge is -2.23. The van der Waals surface area contributed by atoms with E-state index in [9.17, 15) is 0 Å². The Morgan fingerprint density at radius 2 is 0.955 bits per heavy atom. The summed E-state index contributed by atoms with van der Waals surface area (Å²) in [6.07, 6.45) is 16.7. The maximum absolute atomic E-state index is 6.71. The fourth-order valence-electron chi connectivity index (χ4n) is 5.37. The van der Waals surface area contributed by atoms with Gasteiger partial charge in [0, 0.05) is 5.69 Å². The maximum Gasteiger partial charge on any atom is 0.0385 e. The lowest BCUT2D eigenvalue weighted by Crippen LogP contribution is -2.08. The smallest absolute Gasteiger partial charge is 0.0385 e. The standard InChI is InChI=1S/C21H31N/c22-21-19(16-9-3-4-10-16)13-18(15-7-1-2-8-15)14-20(21)17-11-5-6-12-17/h13-17H,1-12,22H2. The zero-order valence-electron chi connectivity index (χ0n) is 13.9. The fraction of sp³-hybridized carbons (Fsp3) is 0.714. The molecule has 1 aromatic rings. The first-order valence-electron chi connectivity index (χ1n) is 9.76. The van der Waals surface area contributed by atoms with E-state index in [0.29, 0.717) is 0 Å². The van der Waals surface area contributed by atoms with Gasteiger partial charge in [-0.3, -0.25) is 0 Å². The van der Waals surface area contributed by atoms with Crippen molar-refractivity contribution in [3.05, 3.63) is 28.8 Å². The van der Waals surface area contributed by atoms with Gasteiger partial charge in [-0.2, -0.15) is 0 Å². The molecule has 3 aliphatic carbocycles. The van der Waals surface area contributed by atoms with E-state index in [4.69, 9.17) is 5.73 Å². The summed E-state index contributed by atoms with van der Waals surface area (Å²) in [5.41, 5.74) is 12.6. The Morgan fingerprint density at radius 3 is 1.36 bits per heavy atom. The molecule has 120 valence electrons. The Hall–Kier alpha value is -0.980. The Bertz CT molecular complexity index is 478. The molecule has 1 aromatic carbocycles. The second-order valence-electron chi connectivity index (χ2n) is 8.06. The van der Waals surface area contributed by atoms with Crippen molar-refractivity contribution in [1.29, 1.82) is 0 Å². The first-order valence-corrected chi connectivity index (χ1v) is 9.76. The summed E-state index contributed by atoms with van der Waals surface area (Å²) in [5.74, 6) is 2.32. The van der Waals surface area contributed by atoms with Crippen molar-refractivity contribution < 1.29 is 0 Å². The lowest BCUT2D eigenvalue weighted by atomic mass is 9.83. The van der Waals surface area contributed by atoms with Crippen molar-refractivity contribution in [1.82, 2.24) is 0 Å². The Balaban J connectivity index is 1.74. The van der Waals surface area contributed by atoms with E-state index in [1.54, 1.807) is 5.56 Å². The van der Waals surface area contributed by atoms with Gasteiger partial charge in [0.05, 0.1) is 0 Å². The third-order valence-corrected chi connectivity index (χ3v) is 6.68. The molecule has 0 atom stereocenters. The summed E-state index contributed by atoms with van der Waals surface area (Å²) in [5, 5.41) is 0. The van der Waals surface area contributed by atoms with E-state index in [-0.39, 0.29) is 0 Å². The van der Waals surface area contributed by atoms with E-state index in [1.807, 2.05) is 0 Å². The lowest BCUT2D eigenvalue weighted by molar-refractivity contribution is 0.682. The van der Waals surface area contributed by atoms with Gasteiger partial charge in [0.15, 0.2) is 0 Å². The van der Waals surface area contributed by atoms with Gasteiger partial charge in [-0.25, -0.2) is 0 Å². The molecular weight excluding hydrogens is 266 g/mol. The van der Waals surface area contributed by atoms with Crippen LogP contribution in [-0.4, -0.2) is 0 Å². The number of nitrogen functional groups attached to an aromatic ring is 1. The SMILES string of the molecule is Nc1c(C2CCCC2)cc(C2CCCC2)cc1C1CCCC1. The Morgan fingerprint density at radius 1 is 0.591 bits per heavy atom. The molecule has 0 aromatic heterocycles. The highest BCUT2D eigenvalue weighted by molar-refractivity contribution is 5.59. The normalized spacial score (nSPS) is 24.5. The summed E-state index contributed by atoms with van der Waals surface area (Å²) in [4.78, 5) is 0. The number of hydrogen-bond donors (Lipinski definition) is 1. The van der Waals surface area contributed by atoms with Crippen LogP contribution in [0.2, 0.25) is 0 Å². The van der Waals surface area contributed by atoms with E-state index >= 15 is 0 Å². The molecule has 0 aliphatic heterocycles. The average Bonchev–Trinajstić information content (AvgIpc) is 3.29. The number of benzene rings is 1. The number of anilines is 1. The van der Waals surface area contributed by atoms with Crippen molar-refractivity contribution in [2.75, 3.05) is 5.73 Å². The minimum Gasteiger partial charge on any atom is -0.398 e. The molecule has 3 fully saturated rings. The Kier molecular flexibility index (Phi) is 4.15. The van der Waals surface area contributed by atoms with Crippen molar-refractivity contribution in [2.24, 2.45) is 0 Å². The first kappa shape index (κ1) is 14.6. The van der Waals surface area contributed by atoms with Crippen LogP contribution in [0.1, 0.15) is 111 Å². The minimum atomic E-state index is 0.751. The highest BCUT2D eigenvalue weighted by Gasteiger charge is 2.27. The largest absolute Gasteiger partial charge is 0.398 e. The highest BCUT2D eigenvalue weighted by Crippen LogP contribution is 2.46. The zero-order valence-corrected chi connectivity index (χ0v) is 13.9. The van der Waals surface area contributed by atoms with E-state index in [2.05, 4.69) is 12.1 Å². The predicted molar refractivity (Wildman–Crippen MR) is 94.5 cm³/mol. The molecule has 3 aliphatic rings. The van der Waals surface area contributed by atoms with Gasteiger partial charge >= 0.3 is 0 Å². The molecule has 0 radical (unpaired) electrons.